The molecular weight excluding hydrogens is 396 g/mol. The van der Waals surface area contributed by atoms with Crippen LogP contribution in [0.4, 0.5) is 0 Å². The van der Waals surface area contributed by atoms with Gasteiger partial charge in [0.1, 0.15) is 0 Å². The van der Waals surface area contributed by atoms with Crippen LogP contribution in [-0.4, -0.2) is 0 Å². The molecule has 0 fully saturated rings. The predicted octanol–water partition coefficient (Wildman–Crippen LogP) is 8.50. The maximum atomic E-state index is 2.48. The normalized spacial score (nSPS) is 14.3. The molecule has 0 bridgehead atoms. The first kappa shape index (κ1) is 20.5. The van der Waals surface area contributed by atoms with Crippen LogP contribution in [-0.2, 0) is 5.41 Å². The Labute approximate surface area is 198 Å². The molecule has 0 saturated heterocycles. The Bertz CT molecular complexity index is 1290. The van der Waals surface area contributed by atoms with Crippen LogP contribution in [0.2, 0.25) is 0 Å². The summed E-state index contributed by atoms with van der Waals surface area (Å²) in [7, 11) is 0. The molecule has 2 aliphatic carbocycles. The zero-order chi connectivity index (χ0) is 23.4. The van der Waals surface area contributed by atoms with Gasteiger partial charge in [-0.1, -0.05) is 48.5 Å². The van der Waals surface area contributed by atoms with Gasteiger partial charge in [0.15, 0.2) is 0 Å². The van der Waals surface area contributed by atoms with E-state index in [0.29, 0.717) is 0 Å². The molecule has 4 aromatic rings. The fraction of sp³-hybridized carbons (Fsp3) is 0.273. The molecule has 0 unspecified atom stereocenters. The highest BCUT2D eigenvalue weighted by atomic mass is 14.5. The van der Waals surface area contributed by atoms with Crippen molar-refractivity contribution in [1.82, 2.24) is 0 Å². The van der Waals surface area contributed by atoms with Gasteiger partial charge in [0, 0.05) is 0 Å². The Morgan fingerprint density at radius 1 is 0.303 bits per heavy atom. The van der Waals surface area contributed by atoms with Gasteiger partial charge in [-0.15, -0.1) is 0 Å². The maximum Gasteiger partial charge on any atom is 0.0725 e. The van der Waals surface area contributed by atoms with E-state index in [1.165, 1.54) is 89.0 Å². The van der Waals surface area contributed by atoms with Gasteiger partial charge in [0.2, 0.25) is 0 Å². The summed E-state index contributed by atoms with van der Waals surface area (Å²) in [6, 6.07) is 19.7. The molecular formula is C33H32. The Balaban J connectivity index is 1.89. The van der Waals surface area contributed by atoms with Crippen molar-refractivity contribution >= 4 is 0 Å². The molecule has 1 spiro atoms. The van der Waals surface area contributed by atoms with Gasteiger partial charge in [-0.25, -0.2) is 0 Å². The molecule has 0 atom stereocenters. The number of hydrogen-bond acceptors (Lipinski definition) is 0. The van der Waals surface area contributed by atoms with Gasteiger partial charge in [-0.2, -0.15) is 0 Å². The fourth-order valence-corrected chi connectivity index (χ4v) is 6.27. The van der Waals surface area contributed by atoms with Crippen LogP contribution in [0.1, 0.15) is 66.8 Å². The summed E-state index contributed by atoms with van der Waals surface area (Å²) in [5, 5.41) is 0. The lowest BCUT2D eigenvalue weighted by Crippen LogP contribution is -2.26. The summed E-state index contributed by atoms with van der Waals surface area (Å²) < 4.78 is 0. The molecule has 0 heteroatoms. The fourth-order valence-electron chi connectivity index (χ4n) is 6.27. The highest BCUT2D eigenvalue weighted by molar-refractivity contribution is 5.96. The third-order valence-corrected chi connectivity index (χ3v) is 8.73. The zero-order valence-corrected chi connectivity index (χ0v) is 21.1. The van der Waals surface area contributed by atoms with Crippen molar-refractivity contribution in [2.75, 3.05) is 0 Å². The molecule has 2 aliphatic rings. The van der Waals surface area contributed by atoms with E-state index in [2.05, 4.69) is 104 Å². The summed E-state index contributed by atoms with van der Waals surface area (Å²) >= 11 is 0. The minimum absolute atomic E-state index is 0.247. The Morgan fingerprint density at radius 2 is 0.485 bits per heavy atom. The monoisotopic (exact) mass is 428 g/mol. The van der Waals surface area contributed by atoms with Gasteiger partial charge in [0.05, 0.1) is 5.41 Å². The van der Waals surface area contributed by atoms with Gasteiger partial charge in [-0.3, -0.25) is 0 Å². The number of aryl methyl sites for hydroxylation is 8. The molecule has 0 heterocycles. The Kier molecular flexibility index (Phi) is 4.02. The van der Waals surface area contributed by atoms with E-state index in [-0.39, 0.29) is 5.41 Å². The lowest BCUT2D eigenvalue weighted by molar-refractivity contribution is 0.787. The standard InChI is InChI=1S/C33H32/c1-17-9-25-26-10-18(2)22(6)14-30(26)33(29(25)13-21(17)5)31-15-23(7)19(3)11-27(31)28-12-20(4)24(8)16-32(28)33/h9-16H,1-8H3. The average Bonchev–Trinajstić information content (AvgIpc) is 3.16. The Morgan fingerprint density at radius 3 is 0.697 bits per heavy atom. The van der Waals surface area contributed by atoms with E-state index in [1.54, 1.807) is 0 Å². The molecule has 33 heavy (non-hydrogen) atoms. The van der Waals surface area contributed by atoms with Crippen molar-refractivity contribution in [2.45, 2.75) is 60.8 Å². The molecule has 0 N–H and O–H groups in total. The van der Waals surface area contributed by atoms with E-state index < -0.39 is 0 Å². The molecule has 6 rings (SSSR count). The van der Waals surface area contributed by atoms with E-state index in [4.69, 9.17) is 0 Å². The number of fused-ring (bicyclic) bond motifs is 10. The summed E-state index contributed by atoms with van der Waals surface area (Å²) in [6.07, 6.45) is 0. The second-order valence-electron chi connectivity index (χ2n) is 10.7. The molecule has 0 radical (unpaired) electrons. The summed E-state index contributed by atoms with van der Waals surface area (Å²) in [6.45, 7) is 18.1. The molecule has 0 nitrogen and oxygen atoms in total. The largest absolute Gasteiger partial charge is 0.0725 e. The molecule has 4 aromatic carbocycles. The summed E-state index contributed by atoms with van der Waals surface area (Å²) in [5.74, 6) is 0. The van der Waals surface area contributed by atoms with Crippen LogP contribution in [0.5, 0.6) is 0 Å². The topological polar surface area (TPSA) is 0 Å². The zero-order valence-electron chi connectivity index (χ0n) is 21.1. The van der Waals surface area contributed by atoms with Crippen LogP contribution in [0, 0.1) is 55.4 Å². The first-order valence-electron chi connectivity index (χ1n) is 12.1. The Hall–Kier alpha value is -3.12. The minimum Gasteiger partial charge on any atom is -0.0536 e. The minimum atomic E-state index is -0.247. The second-order valence-corrected chi connectivity index (χ2v) is 10.7. The van der Waals surface area contributed by atoms with Crippen molar-refractivity contribution in [2.24, 2.45) is 0 Å². The average molecular weight is 429 g/mol. The lowest BCUT2D eigenvalue weighted by Gasteiger charge is -2.32. The highest BCUT2D eigenvalue weighted by Crippen LogP contribution is 2.63. The van der Waals surface area contributed by atoms with E-state index >= 15 is 0 Å². The first-order valence-corrected chi connectivity index (χ1v) is 12.1. The third kappa shape index (κ3) is 2.42. The molecule has 0 aliphatic heterocycles. The van der Waals surface area contributed by atoms with Crippen molar-refractivity contribution in [3.63, 3.8) is 0 Å². The van der Waals surface area contributed by atoms with Gasteiger partial charge in [-0.05, 0) is 144 Å². The van der Waals surface area contributed by atoms with Crippen LogP contribution in [0.25, 0.3) is 22.3 Å². The van der Waals surface area contributed by atoms with Crippen LogP contribution >= 0.6 is 0 Å². The van der Waals surface area contributed by atoms with Gasteiger partial charge < -0.3 is 0 Å². The number of hydrogen-bond donors (Lipinski definition) is 0. The third-order valence-electron chi connectivity index (χ3n) is 8.73. The number of rotatable bonds is 0. The van der Waals surface area contributed by atoms with Crippen molar-refractivity contribution in [3.05, 3.63) is 115 Å². The smallest absolute Gasteiger partial charge is 0.0536 e. The van der Waals surface area contributed by atoms with E-state index in [1.807, 2.05) is 0 Å². The van der Waals surface area contributed by atoms with E-state index in [0.717, 1.165) is 0 Å². The van der Waals surface area contributed by atoms with Gasteiger partial charge >= 0.3 is 0 Å². The van der Waals surface area contributed by atoms with Gasteiger partial charge in [0.25, 0.3) is 0 Å². The quantitative estimate of drug-likeness (QED) is 0.227. The van der Waals surface area contributed by atoms with E-state index in [9.17, 15) is 0 Å². The summed E-state index contributed by atoms with van der Waals surface area (Å²) in [5.41, 5.74) is 22.2. The first-order chi connectivity index (χ1) is 15.6. The lowest BCUT2D eigenvalue weighted by atomic mass is 9.69. The van der Waals surface area contributed by atoms with Crippen LogP contribution in [0.3, 0.4) is 0 Å². The maximum absolute atomic E-state index is 2.48. The van der Waals surface area contributed by atoms with Crippen molar-refractivity contribution in [3.8, 4) is 22.3 Å². The van der Waals surface area contributed by atoms with Crippen molar-refractivity contribution < 1.29 is 0 Å². The predicted molar refractivity (Wildman–Crippen MR) is 141 cm³/mol. The highest BCUT2D eigenvalue weighted by Gasteiger charge is 2.52. The number of benzene rings is 4. The second kappa shape index (κ2) is 6.48. The van der Waals surface area contributed by atoms with Crippen molar-refractivity contribution in [1.29, 1.82) is 0 Å². The molecule has 0 saturated carbocycles. The molecule has 0 amide bonds. The molecule has 0 aromatic heterocycles. The van der Waals surface area contributed by atoms with Crippen LogP contribution < -0.4 is 0 Å². The summed E-state index contributed by atoms with van der Waals surface area (Å²) in [4.78, 5) is 0. The van der Waals surface area contributed by atoms with Crippen LogP contribution in [0.15, 0.2) is 48.5 Å². The molecule has 164 valence electrons. The SMILES string of the molecule is Cc1cc2c(cc1C)C1(c3cc(C)c(C)cc3-2)c2cc(C)c(C)cc2-c2cc(C)c(C)cc21.